The van der Waals surface area contributed by atoms with E-state index in [9.17, 15) is 0 Å². The molecular weight excluding hydrogens is 1420 g/mol. The monoisotopic (exact) mass is 1550 g/mol. The predicted molar refractivity (Wildman–Crippen MR) is 514 cm³/mol. The summed E-state index contributed by atoms with van der Waals surface area (Å²) in [6.07, 6.45) is 0. The van der Waals surface area contributed by atoms with Gasteiger partial charge < -0.3 is 9.80 Å². The average molecular weight is 1550 g/mol. The van der Waals surface area contributed by atoms with Gasteiger partial charge in [0.05, 0.1) is 0 Å². The zero-order chi connectivity index (χ0) is 85.2. The van der Waals surface area contributed by atoms with Gasteiger partial charge in [-0.15, -0.1) is 0 Å². The minimum Gasteiger partial charge on any atom is -0.310 e. The second-order valence-corrected chi connectivity index (χ2v) is 43.4. The second kappa shape index (κ2) is 30.4. The van der Waals surface area contributed by atoms with E-state index in [0.717, 1.165) is 22.7 Å². The maximum atomic E-state index is 2.48. The second-order valence-electron chi connectivity index (χ2n) is 43.4. The van der Waals surface area contributed by atoms with Gasteiger partial charge >= 0.3 is 0 Å². The van der Waals surface area contributed by atoms with Crippen molar-refractivity contribution in [1.82, 2.24) is 0 Å². The standard InChI is InChI=1S/C61H67N.C55H63N/c1-57(2,3)46-25-19-40(20-26-46)41-21-27-50(28-22-41)62(52-31-32-54-53-17-15-16-18-55(53)61(13,14)56(54)39-52)51-29-23-42(24-30-51)43-33-44(35-47(34-43)58(4,5)6)45-36-48(59(7,8)9)38-49(37-45)60(10,11)12;1-51(2,3)40-30-37(29-38(31-40)39-32-41(52(4,5)6)34-42(33-39)53(7,8)9)36-23-25-43(26-24-36)56(50-22-18-17-21-48(50)54(10,11)12)44-27-28-46-45-19-15-16-20-47(45)55(13,14)49(46)35-44/h15-39H,1-14H3;15-35H,1-14H3. The number of hydrogen-bond donors (Lipinski definition) is 0. The van der Waals surface area contributed by atoms with Crippen molar-refractivity contribution < 1.29 is 0 Å². The lowest BCUT2D eigenvalue weighted by Gasteiger charge is -2.33. The average Bonchev–Trinajstić information content (AvgIpc) is 1.57. The molecule has 0 N–H and O–H groups in total. The Hall–Kier alpha value is -10.5. The molecule has 2 aliphatic rings. The van der Waals surface area contributed by atoms with Crippen molar-refractivity contribution in [2.75, 3.05) is 9.80 Å². The molecule has 0 atom stereocenters. The number of nitrogens with zero attached hydrogens (tertiary/aromatic N) is 2. The van der Waals surface area contributed by atoms with Gasteiger partial charge in [0.1, 0.15) is 0 Å². The number of anilines is 6. The van der Waals surface area contributed by atoms with Gasteiger partial charge in [0.25, 0.3) is 0 Å². The molecule has 2 aliphatic carbocycles. The third kappa shape index (κ3) is 17.0. The first-order valence-electron chi connectivity index (χ1n) is 43.3. The van der Waals surface area contributed by atoms with Crippen molar-refractivity contribution in [3.63, 3.8) is 0 Å². The first-order chi connectivity index (χ1) is 55.0. The van der Waals surface area contributed by atoms with Crippen molar-refractivity contribution in [3.05, 3.63) is 346 Å². The minimum atomic E-state index is -0.101. The Labute approximate surface area is 710 Å². The summed E-state index contributed by atoms with van der Waals surface area (Å²) in [5.74, 6) is 0. The molecule has 0 radical (unpaired) electrons. The van der Waals surface area contributed by atoms with Gasteiger partial charge in [0.15, 0.2) is 0 Å². The maximum absolute atomic E-state index is 2.48. The quantitative estimate of drug-likeness (QED) is 0.127. The van der Waals surface area contributed by atoms with Crippen molar-refractivity contribution in [2.24, 2.45) is 0 Å². The largest absolute Gasteiger partial charge is 0.310 e. The van der Waals surface area contributed by atoms with Gasteiger partial charge in [-0.25, -0.2) is 0 Å². The smallest absolute Gasteiger partial charge is 0.0498 e. The fourth-order valence-electron chi connectivity index (χ4n) is 17.5. The number of fused-ring (bicyclic) bond motifs is 6. The van der Waals surface area contributed by atoms with Crippen LogP contribution in [0.3, 0.4) is 0 Å². The summed E-state index contributed by atoms with van der Waals surface area (Å²) in [4.78, 5) is 4.91. The maximum Gasteiger partial charge on any atom is 0.0498 e. The van der Waals surface area contributed by atoms with E-state index in [0.29, 0.717) is 0 Å². The molecule has 13 aromatic carbocycles. The van der Waals surface area contributed by atoms with Crippen LogP contribution < -0.4 is 9.80 Å². The lowest BCUT2D eigenvalue weighted by atomic mass is 9.78. The van der Waals surface area contributed by atoms with Crippen molar-refractivity contribution >= 4 is 34.1 Å². The molecule has 2 heteroatoms. The molecule has 0 saturated heterocycles. The van der Waals surface area contributed by atoms with Crippen LogP contribution in [0.5, 0.6) is 0 Å². The number of rotatable bonds is 11. The number of benzene rings is 13. The van der Waals surface area contributed by atoms with Gasteiger partial charge in [0.2, 0.25) is 0 Å². The fourth-order valence-corrected chi connectivity index (χ4v) is 17.5. The predicted octanol–water partition coefficient (Wildman–Crippen LogP) is 33.6. The molecule has 0 aliphatic heterocycles. The van der Waals surface area contributed by atoms with Crippen LogP contribution in [0.1, 0.15) is 261 Å². The highest BCUT2D eigenvalue weighted by molar-refractivity contribution is 5.90. The van der Waals surface area contributed by atoms with E-state index in [4.69, 9.17) is 0 Å². The van der Waals surface area contributed by atoms with E-state index >= 15 is 0 Å². The number of hydrogen-bond acceptors (Lipinski definition) is 2. The molecule has 0 bridgehead atoms. The molecule has 0 heterocycles. The van der Waals surface area contributed by atoms with Crippen LogP contribution in [0.4, 0.5) is 34.1 Å². The molecule has 13 aromatic rings. The van der Waals surface area contributed by atoms with Crippen LogP contribution in [0.2, 0.25) is 0 Å². The van der Waals surface area contributed by atoms with E-state index < -0.39 is 0 Å². The van der Waals surface area contributed by atoms with Crippen LogP contribution >= 0.6 is 0 Å². The third-order valence-corrected chi connectivity index (χ3v) is 25.3. The molecule has 2 nitrogen and oxygen atoms in total. The summed E-state index contributed by atoms with van der Waals surface area (Å²) in [6.45, 7) is 65.0. The molecule has 0 spiro atoms. The molecule has 0 fully saturated rings. The highest BCUT2D eigenvalue weighted by atomic mass is 15.2. The first-order valence-corrected chi connectivity index (χ1v) is 43.3. The first kappa shape index (κ1) is 83.9. The van der Waals surface area contributed by atoms with E-state index in [1.54, 1.807) is 0 Å². The topological polar surface area (TPSA) is 6.48 Å². The SMILES string of the molecule is CC(C)(C)c1cc(-c2ccc(N(c3ccc4c(c3)C(C)(C)c3ccccc3-4)c3ccccc3C(C)(C)C)cc2)cc(-c2cc(C(C)(C)C)cc(C(C)(C)C)c2)c1.CC(C)(C)c1ccc(-c2ccc(N(c3ccc(-c4cc(-c5cc(C(C)(C)C)cc(C(C)(C)C)c5)cc(C(C)(C)C)c4)cc3)c3ccc4c(c3)C(C)(C)c3ccccc3-4)cc2)cc1. The lowest BCUT2D eigenvalue weighted by Crippen LogP contribution is -2.20. The van der Waals surface area contributed by atoms with E-state index in [1.807, 2.05) is 0 Å². The molecule has 15 rings (SSSR count). The molecule has 604 valence electrons. The van der Waals surface area contributed by atoms with Crippen LogP contribution in [0.25, 0.3) is 77.9 Å². The zero-order valence-electron chi connectivity index (χ0n) is 76.5. The van der Waals surface area contributed by atoms with Crippen molar-refractivity contribution in [1.29, 1.82) is 0 Å². The Morgan fingerprint density at radius 3 is 0.754 bits per heavy atom. The summed E-state index contributed by atoms with van der Waals surface area (Å²) in [6, 6.07) is 107. The summed E-state index contributed by atoms with van der Waals surface area (Å²) in [5, 5.41) is 0. The van der Waals surface area contributed by atoms with Crippen LogP contribution in [-0.4, -0.2) is 0 Å². The third-order valence-electron chi connectivity index (χ3n) is 25.3. The summed E-state index contributed by atoms with van der Waals surface area (Å²) >= 11 is 0. The fraction of sp³-hybridized carbons (Fsp3) is 0.328. The van der Waals surface area contributed by atoms with Gasteiger partial charge in [0, 0.05) is 45.0 Å². The molecule has 0 amide bonds. The minimum absolute atomic E-state index is 0.00628. The summed E-state index contributed by atoms with van der Waals surface area (Å²) in [5.41, 5.74) is 41.2. The molecule has 0 unspecified atom stereocenters. The Balaban J connectivity index is 0.000000195. The van der Waals surface area contributed by atoms with E-state index in [1.165, 1.54) is 156 Å². The van der Waals surface area contributed by atoms with Gasteiger partial charge in [-0.3, -0.25) is 0 Å². The zero-order valence-corrected chi connectivity index (χ0v) is 76.5. The van der Waals surface area contributed by atoms with Gasteiger partial charge in [-0.05, 0) is 267 Å². The Kier molecular flexibility index (Phi) is 21.6. The molecule has 0 saturated carbocycles. The molecule has 118 heavy (non-hydrogen) atoms. The van der Waals surface area contributed by atoms with Crippen molar-refractivity contribution in [2.45, 2.75) is 248 Å². The van der Waals surface area contributed by atoms with Crippen molar-refractivity contribution in [3.8, 4) is 77.9 Å². The highest BCUT2D eigenvalue weighted by Gasteiger charge is 2.39. The number of para-hydroxylation sites is 1. The Bertz CT molecular complexity index is 5830. The Morgan fingerprint density at radius 1 is 0.178 bits per heavy atom. The van der Waals surface area contributed by atoms with Crippen LogP contribution in [0, 0.1) is 0 Å². The van der Waals surface area contributed by atoms with Crippen LogP contribution in [-0.2, 0) is 54.1 Å². The molecule has 0 aromatic heterocycles. The van der Waals surface area contributed by atoms with Gasteiger partial charge in [-0.1, -0.05) is 394 Å². The normalized spacial score (nSPS) is 13.9. The molecular formula is C116H130N2. The van der Waals surface area contributed by atoms with Crippen LogP contribution in [0.15, 0.2) is 279 Å². The Morgan fingerprint density at radius 2 is 0.424 bits per heavy atom. The lowest BCUT2D eigenvalue weighted by molar-refractivity contribution is 0.568. The highest BCUT2D eigenvalue weighted by Crippen LogP contribution is 2.54. The summed E-state index contributed by atoms with van der Waals surface area (Å²) in [7, 11) is 0. The summed E-state index contributed by atoms with van der Waals surface area (Å²) < 4.78 is 0. The van der Waals surface area contributed by atoms with E-state index in [-0.39, 0.29) is 54.1 Å². The van der Waals surface area contributed by atoms with Gasteiger partial charge in [-0.2, -0.15) is 0 Å². The van der Waals surface area contributed by atoms with E-state index in [2.05, 4.69) is 483 Å².